The molecule has 10 heteroatoms. The highest BCUT2D eigenvalue weighted by Gasteiger charge is 2.46. The van der Waals surface area contributed by atoms with Crippen LogP contribution in [-0.2, 0) is 29.4 Å². The number of ether oxygens (including phenoxy) is 1. The second-order valence-electron chi connectivity index (χ2n) is 4.56. The minimum Gasteiger partial charge on any atom is -0.480 e. The molecule has 1 rings (SSSR count). The number of aliphatic carboxylic acids is 1. The van der Waals surface area contributed by atoms with E-state index in [0.29, 0.717) is 0 Å². The van der Waals surface area contributed by atoms with Crippen molar-refractivity contribution in [1.82, 2.24) is 4.31 Å². The Hall–Kier alpha value is -0.710. The number of hydrogen-bond donors (Lipinski definition) is 1. The average molecular weight is 301 g/mol. The fraction of sp³-hybridized carbons (Fsp3) is 0.875. The lowest BCUT2D eigenvalue weighted by molar-refractivity contribution is -0.157. The minimum atomic E-state index is -3.87. The van der Waals surface area contributed by atoms with Gasteiger partial charge in [-0.25, -0.2) is 21.6 Å². The Morgan fingerprint density at radius 1 is 1.33 bits per heavy atom. The van der Waals surface area contributed by atoms with E-state index in [1.54, 1.807) is 6.92 Å². The van der Waals surface area contributed by atoms with Crippen LogP contribution in [0.25, 0.3) is 0 Å². The third-order valence-electron chi connectivity index (χ3n) is 2.32. The van der Waals surface area contributed by atoms with E-state index in [9.17, 15) is 21.6 Å². The molecule has 8 nitrogen and oxygen atoms in total. The number of carbonyl (C=O) groups is 1. The van der Waals surface area contributed by atoms with Gasteiger partial charge < -0.3 is 9.84 Å². The van der Waals surface area contributed by atoms with Crippen molar-refractivity contribution in [2.45, 2.75) is 12.5 Å². The van der Waals surface area contributed by atoms with E-state index in [1.807, 2.05) is 0 Å². The summed E-state index contributed by atoms with van der Waals surface area (Å²) in [6.07, 6.45) is 0.838. The Bertz CT molecular complexity index is 530. The molecule has 0 bridgehead atoms. The Morgan fingerprint density at radius 3 is 2.22 bits per heavy atom. The van der Waals surface area contributed by atoms with Gasteiger partial charge in [0.15, 0.2) is 14.9 Å². The summed E-state index contributed by atoms with van der Waals surface area (Å²) in [6, 6.07) is 0. The van der Waals surface area contributed by atoms with Gasteiger partial charge in [0.2, 0.25) is 10.0 Å². The van der Waals surface area contributed by atoms with Crippen molar-refractivity contribution in [2.24, 2.45) is 0 Å². The topological polar surface area (TPSA) is 118 Å². The molecule has 0 atom stereocenters. The third kappa shape index (κ3) is 4.19. The zero-order chi connectivity index (χ0) is 14.2. The summed E-state index contributed by atoms with van der Waals surface area (Å²) >= 11 is 0. The van der Waals surface area contributed by atoms with Crippen molar-refractivity contribution in [2.75, 3.05) is 31.0 Å². The number of carboxylic acid groups (broad SMARTS) is 1. The summed E-state index contributed by atoms with van der Waals surface area (Å²) in [5.74, 6) is -1.14. The molecular weight excluding hydrogens is 286 g/mol. The largest absolute Gasteiger partial charge is 0.480 e. The molecule has 0 spiro atoms. The molecule has 1 saturated heterocycles. The van der Waals surface area contributed by atoms with Crippen LogP contribution in [-0.4, -0.2) is 68.9 Å². The Labute approximate surface area is 106 Å². The summed E-state index contributed by atoms with van der Waals surface area (Å²) in [5, 5.41) is 7.49. The van der Waals surface area contributed by atoms with Crippen molar-refractivity contribution in [3.05, 3.63) is 0 Å². The summed E-state index contributed by atoms with van der Waals surface area (Å²) < 4.78 is 51.2. The monoisotopic (exact) mass is 301 g/mol. The maximum absolute atomic E-state index is 11.6. The van der Waals surface area contributed by atoms with Gasteiger partial charge in [0.05, 0.1) is 5.60 Å². The lowest BCUT2D eigenvalue weighted by atomic mass is 10.0. The van der Waals surface area contributed by atoms with Crippen LogP contribution in [0.4, 0.5) is 0 Å². The van der Waals surface area contributed by atoms with Gasteiger partial charge in [-0.2, -0.15) is 4.31 Å². The fourth-order valence-corrected chi connectivity index (χ4v) is 5.27. The van der Waals surface area contributed by atoms with Gasteiger partial charge in [0, 0.05) is 19.3 Å². The lowest BCUT2D eigenvalue weighted by Gasteiger charge is -2.45. The van der Waals surface area contributed by atoms with Gasteiger partial charge >= 0.3 is 5.97 Å². The predicted octanol–water partition coefficient (Wildman–Crippen LogP) is -1.51. The first kappa shape index (κ1) is 15.3. The molecule has 106 valence electrons. The maximum atomic E-state index is 11.6. The molecule has 0 aliphatic carbocycles. The molecule has 1 N–H and O–H groups in total. The number of rotatable bonds is 6. The number of nitrogens with zero attached hydrogens (tertiary/aromatic N) is 1. The molecule has 0 aromatic carbocycles. The first-order valence-electron chi connectivity index (χ1n) is 4.95. The molecule has 0 amide bonds. The lowest BCUT2D eigenvalue weighted by Crippen LogP contribution is -2.63. The van der Waals surface area contributed by atoms with Gasteiger partial charge in [-0.3, -0.25) is 0 Å². The van der Waals surface area contributed by atoms with Gasteiger partial charge in [-0.1, -0.05) is 0 Å². The van der Waals surface area contributed by atoms with Gasteiger partial charge in [-0.15, -0.1) is 0 Å². The van der Waals surface area contributed by atoms with Gasteiger partial charge in [0.25, 0.3) is 0 Å². The molecule has 1 aliphatic rings. The Balaban J connectivity index is 2.58. The maximum Gasteiger partial charge on any atom is 0.329 e. The molecule has 0 saturated carbocycles. The Kier molecular flexibility index (Phi) is 4.06. The van der Waals surface area contributed by atoms with Crippen molar-refractivity contribution < 1.29 is 31.5 Å². The van der Waals surface area contributed by atoms with Crippen LogP contribution in [0.15, 0.2) is 0 Å². The summed E-state index contributed by atoms with van der Waals surface area (Å²) in [5.41, 5.74) is -0.872. The molecule has 1 heterocycles. The second-order valence-corrected chi connectivity index (χ2v) is 9.03. The van der Waals surface area contributed by atoms with Crippen molar-refractivity contribution in [3.8, 4) is 0 Å². The average Bonchev–Trinajstić information content (AvgIpc) is 2.06. The van der Waals surface area contributed by atoms with Crippen LogP contribution in [0.1, 0.15) is 6.92 Å². The Morgan fingerprint density at radius 2 is 1.83 bits per heavy atom. The highest BCUT2D eigenvalue weighted by atomic mass is 32.3. The van der Waals surface area contributed by atoms with Crippen LogP contribution in [0, 0.1) is 0 Å². The number of sulfone groups is 1. The standard InChI is InChI=1S/C8H15NO7S2/c1-8(16-3-7(10)11)4-9(5-8)18(14,15)6-17(2,12)13/h3-6H2,1-2H3,(H,10,11). The van der Waals surface area contributed by atoms with Crippen LogP contribution in [0.2, 0.25) is 0 Å². The zero-order valence-corrected chi connectivity index (χ0v) is 11.6. The van der Waals surface area contributed by atoms with E-state index in [1.165, 1.54) is 0 Å². The minimum absolute atomic E-state index is 0.0435. The summed E-state index contributed by atoms with van der Waals surface area (Å²) in [6.45, 7) is 0.967. The van der Waals surface area contributed by atoms with Crippen molar-refractivity contribution in [1.29, 1.82) is 0 Å². The zero-order valence-electron chi connectivity index (χ0n) is 9.99. The van der Waals surface area contributed by atoms with E-state index in [0.717, 1.165) is 10.6 Å². The molecule has 0 unspecified atom stereocenters. The van der Waals surface area contributed by atoms with Crippen LogP contribution in [0.5, 0.6) is 0 Å². The first-order chi connectivity index (χ1) is 7.94. The highest BCUT2D eigenvalue weighted by Crippen LogP contribution is 2.27. The molecule has 0 aromatic rings. The molecule has 1 fully saturated rings. The SMILES string of the molecule is CC1(OCC(=O)O)CN(S(=O)(=O)CS(C)(=O)=O)C1. The first-order valence-corrected chi connectivity index (χ1v) is 8.62. The van der Waals surface area contributed by atoms with E-state index in [2.05, 4.69) is 0 Å². The van der Waals surface area contributed by atoms with E-state index >= 15 is 0 Å². The molecule has 0 radical (unpaired) electrons. The molecule has 18 heavy (non-hydrogen) atoms. The third-order valence-corrected chi connectivity index (χ3v) is 6.27. The highest BCUT2D eigenvalue weighted by molar-refractivity contribution is 8.06. The number of hydrogen-bond acceptors (Lipinski definition) is 6. The molecule has 0 aromatic heterocycles. The smallest absolute Gasteiger partial charge is 0.329 e. The number of carboxylic acids is 1. The van der Waals surface area contributed by atoms with Crippen LogP contribution < -0.4 is 0 Å². The van der Waals surface area contributed by atoms with E-state index in [4.69, 9.17) is 9.84 Å². The van der Waals surface area contributed by atoms with Crippen molar-refractivity contribution >= 4 is 25.8 Å². The van der Waals surface area contributed by atoms with Crippen LogP contribution >= 0.6 is 0 Å². The fourth-order valence-electron chi connectivity index (χ4n) is 1.57. The van der Waals surface area contributed by atoms with Gasteiger partial charge in [0.1, 0.15) is 6.61 Å². The summed E-state index contributed by atoms with van der Waals surface area (Å²) in [7, 11) is -7.50. The van der Waals surface area contributed by atoms with E-state index in [-0.39, 0.29) is 13.1 Å². The quantitative estimate of drug-likeness (QED) is 0.634. The summed E-state index contributed by atoms with van der Waals surface area (Å²) in [4.78, 5) is 10.3. The van der Waals surface area contributed by atoms with Crippen molar-refractivity contribution in [3.63, 3.8) is 0 Å². The van der Waals surface area contributed by atoms with Crippen LogP contribution in [0.3, 0.4) is 0 Å². The molecular formula is C8H15NO7S2. The van der Waals surface area contributed by atoms with E-state index < -0.39 is 43.1 Å². The van der Waals surface area contributed by atoms with Gasteiger partial charge in [-0.05, 0) is 6.92 Å². The second kappa shape index (κ2) is 4.76. The number of sulfonamides is 1. The molecule has 1 aliphatic heterocycles. The predicted molar refractivity (Wildman–Crippen MR) is 62.2 cm³/mol. The normalized spacial score (nSPS) is 20.3.